The van der Waals surface area contributed by atoms with Crippen molar-refractivity contribution in [2.45, 2.75) is 25.3 Å². The topological polar surface area (TPSA) is 48.4 Å². The van der Waals surface area contributed by atoms with Crippen LogP contribution in [0, 0.1) is 11.7 Å². The van der Waals surface area contributed by atoms with Gasteiger partial charge in [-0.1, -0.05) is 30.3 Å². The third-order valence-electron chi connectivity index (χ3n) is 6.68. The van der Waals surface area contributed by atoms with Crippen LogP contribution < -0.4 is 4.74 Å². The highest BCUT2D eigenvalue weighted by atomic mass is 19.1. The smallest absolute Gasteiger partial charge is 0.340 e. The standard InChI is InChI=1S/C25H29FN4O2/c1-28(12-7-15-29-13-5-6-14-29)25(31)30-24(18-8-3-2-4-9-18)21-17-32-22-11-10-19(26)16-20(22)23(21)27-30/h2-4,8-11,16,21,24H,5-7,12-15,17H2,1H3. The second kappa shape index (κ2) is 8.90. The Morgan fingerprint density at radius 3 is 2.75 bits per heavy atom. The van der Waals surface area contributed by atoms with Gasteiger partial charge in [0.15, 0.2) is 0 Å². The molecule has 2 atom stereocenters. The van der Waals surface area contributed by atoms with Crippen molar-refractivity contribution in [3.8, 4) is 5.75 Å². The number of amides is 2. The van der Waals surface area contributed by atoms with Gasteiger partial charge < -0.3 is 14.5 Å². The fourth-order valence-electron chi connectivity index (χ4n) is 5.00. The van der Waals surface area contributed by atoms with Gasteiger partial charge in [0.25, 0.3) is 0 Å². The lowest BCUT2D eigenvalue weighted by Gasteiger charge is -2.31. The average molecular weight is 437 g/mol. The highest BCUT2D eigenvalue weighted by Gasteiger charge is 2.45. The molecule has 0 saturated carbocycles. The first-order chi connectivity index (χ1) is 15.6. The first-order valence-electron chi connectivity index (χ1n) is 11.4. The van der Waals surface area contributed by atoms with Gasteiger partial charge in [0, 0.05) is 19.2 Å². The minimum Gasteiger partial charge on any atom is -0.492 e. The van der Waals surface area contributed by atoms with Gasteiger partial charge in [0.2, 0.25) is 0 Å². The molecule has 0 spiro atoms. The zero-order chi connectivity index (χ0) is 22.1. The molecule has 7 heteroatoms. The first-order valence-corrected chi connectivity index (χ1v) is 11.4. The molecule has 3 aliphatic rings. The van der Waals surface area contributed by atoms with Crippen molar-refractivity contribution in [1.82, 2.24) is 14.8 Å². The van der Waals surface area contributed by atoms with Gasteiger partial charge in [-0.2, -0.15) is 5.10 Å². The number of rotatable bonds is 5. The molecule has 0 aliphatic carbocycles. The van der Waals surface area contributed by atoms with Crippen LogP contribution in [0.3, 0.4) is 0 Å². The van der Waals surface area contributed by atoms with Crippen molar-refractivity contribution in [2.75, 3.05) is 39.8 Å². The lowest BCUT2D eigenvalue weighted by atomic mass is 9.86. The van der Waals surface area contributed by atoms with E-state index in [0.29, 0.717) is 24.5 Å². The molecule has 2 aromatic rings. The number of hydrogen-bond donors (Lipinski definition) is 0. The largest absolute Gasteiger partial charge is 0.492 e. The molecule has 0 aromatic heterocycles. The Balaban J connectivity index is 1.40. The van der Waals surface area contributed by atoms with Crippen LogP contribution in [0.2, 0.25) is 0 Å². The van der Waals surface area contributed by atoms with Crippen molar-refractivity contribution < 1.29 is 13.9 Å². The summed E-state index contributed by atoms with van der Waals surface area (Å²) in [5.41, 5.74) is 2.35. The second-order valence-electron chi connectivity index (χ2n) is 8.85. The van der Waals surface area contributed by atoms with Crippen LogP contribution in [0.5, 0.6) is 5.75 Å². The summed E-state index contributed by atoms with van der Waals surface area (Å²) in [5.74, 6) is 0.130. The molecule has 1 saturated heterocycles. The third kappa shape index (κ3) is 3.97. The summed E-state index contributed by atoms with van der Waals surface area (Å²) < 4.78 is 20.0. The first kappa shape index (κ1) is 20.9. The van der Waals surface area contributed by atoms with E-state index >= 15 is 0 Å². The number of benzene rings is 2. The minimum absolute atomic E-state index is 0.139. The van der Waals surface area contributed by atoms with E-state index in [-0.39, 0.29) is 23.8 Å². The Morgan fingerprint density at radius 2 is 1.97 bits per heavy atom. The van der Waals surface area contributed by atoms with E-state index in [1.807, 2.05) is 37.4 Å². The zero-order valence-electron chi connectivity index (χ0n) is 18.4. The maximum absolute atomic E-state index is 14.0. The number of likely N-dealkylation sites (tertiary alicyclic amines) is 1. The Kier molecular flexibility index (Phi) is 5.83. The molecule has 3 aliphatic heterocycles. The fraction of sp³-hybridized carbons (Fsp3) is 0.440. The number of ether oxygens (including phenoxy) is 1. The van der Waals surface area contributed by atoms with E-state index in [9.17, 15) is 9.18 Å². The highest BCUT2D eigenvalue weighted by Crippen LogP contribution is 2.42. The van der Waals surface area contributed by atoms with Crippen LogP contribution in [-0.2, 0) is 0 Å². The number of halogens is 1. The molecule has 0 N–H and O–H groups in total. The summed E-state index contributed by atoms with van der Waals surface area (Å²) in [6, 6.07) is 14.0. The van der Waals surface area contributed by atoms with Gasteiger partial charge >= 0.3 is 6.03 Å². The summed E-state index contributed by atoms with van der Waals surface area (Å²) in [6.07, 6.45) is 3.47. The lowest BCUT2D eigenvalue weighted by molar-refractivity contribution is 0.132. The van der Waals surface area contributed by atoms with Crippen molar-refractivity contribution in [1.29, 1.82) is 0 Å². The Bertz CT molecular complexity index is 1010. The Morgan fingerprint density at radius 1 is 1.19 bits per heavy atom. The molecule has 32 heavy (non-hydrogen) atoms. The van der Waals surface area contributed by atoms with Crippen LogP contribution >= 0.6 is 0 Å². The lowest BCUT2D eigenvalue weighted by Crippen LogP contribution is -2.42. The van der Waals surface area contributed by atoms with E-state index < -0.39 is 0 Å². The molecule has 6 nitrogen and oxygen atoms in total. The number of fused-ring (bicyclic) bond motifs is 3. The van der Waals surface area contributed by atoms with Gasteiger partial charge in [0.05, 0.1) is 24.3 Å². The Hall–Kier alpha value is -2.93. The van der Waals surface area contributed by atoms with E-state index in [1.54, 1.807) is 16.0 Å². The summed E-state index contributed by atoms with van der Waals surface area (Å²) in [5, 5.41) is 6.34. The Labute approximate surface area is 188 Å². The number of carbonyl (C=O) groups excluding carboxylic acids is 1. The van der Waals surface area contributed by atoms with Crippen molar-refractivity contribution in [3.05, 3.63) is 65.5 Å². The fourth-order valence-corrected chi connectivity index (χ4v) is 5.00. The minimum atomic E-state index is -0.337. The van der Waals surface area contributed by atoms with Crippen molar-refractivity contribution >= 4 is 11.7 Å². The number of hydrogen-bond acceptors (Lipinski definition) is 4. The second-order valence-corrected chi connectivity index (χ2v) is 8.85. The molecule has 1 fully saturated rings. The molecule has 5 rings (SSSR count). The SMILES string of the molecule is CN(CCCN1CCCC1)C(=O)N1N=C2c3cc(F)ccc3OCC2C1c1ccccc1. The normalized spacial score (nSPS) is 22.2. The van der Waals surface area contributed by atoms with Gasteiger partial charge in [-0.3, -0.25) is 0 Å². The summed E-state index contributed by atoms with van der Waals surface area (Å²) in [6.45, 7) is 4.40. The van der Waals surface area contributed by atoms with E-state index in [1.165, 1.54) is 25.0 Å². The predicted octanol–water partition coefficient (Wildman–Crippen LogP) is 4.13. The summed E-state index contributed by atoms with van der Waals surface area (Å²) >= 11 is 0. The molecule has 2 amide bonds. The number of urea groups is 1. The molecule has 2 unspecified atom stereocenters. The van der Waals surface area contributed by atoms with E-state index in [2.05, 4.69) is 4.90 Å². The van der Waals surface area contributed by atoms with Crippen molar-refractivity contribution in [2.24, 2.45) is 11.0 Å². The quantitative estimate of drug-likeness (QED) is 0.708. The maximum atomic E-state index is 14.0. The predicted molar refractivity (Wildman–Crippen MR) is 121 cm³/mol. The molecule has 2 aromatic carbocycles. The third-order valence-corrected chi connectivity index (χ3v) is 6.68. The van der Waals surface area contributed by atoms with E-state index in [0.717, 1.165) is 37.3 Å². The average Bonchev–Trinajstić information content (AvgIpc) is 3.47. The number of hydrazone groups is 1. The molecule has 168 valence electrons. The highest BCUT2D eigenvalue weighted by molar-refractivity contribution is 6.07. The van der Waals surface area contributed by atoms with Gasteiger partial charge in [0.1, 0.15) is 11.6 Å². The van der Waals surface area contributed by atoms with Crippen LogP contribution in [0.4, 0.5) is 9.18 Å². The maximum Gasteiger partial charge on any atom is 0.340 e. The van der Waals surface area contributed by atoms with Gasteiger partial charge in [-0.25, -0.2) is 14.2 Å². The zero-order valence-corrected chi connectivity index (χ0v) is 18.4. The van der Waals surface area contributed by atoms with Crippen molar-refractivity contribution in [3.63, 3.8) is 0 Å². The van der Waals surface area contributed by atoms with Gasteiger partial charge in [-0.05, 0) is 62.7 Å². The molecule has 0 bridgehead atoms. The monoisotopic (exact) mass is 436 g/mol. The van der Waals surface area contributed by atoms with E-state index in [4.69, 9.17) is 9.84 Å². The molecular formula is C25H29FN4O2. The van der Waals surface area contributed by atoms with Crippen LogP contribution in [0.25, 0.3) is 0 Å². The molecule has 0 radical (unpaired) electrons. The summed E-state index contributed by atoms with van der Waals surface area (Å²) in [4.78, 5) is 17.7. The van der Waals surface area contributed by atoms with Crippen LogP contribution in [0.15, 0.2) is 53.6 Å². The summed E-state index contributed by atoms with van der Waals surface area (Å²) in [7, 11) is 1.83. The molecule has 3 heterocycles. The van der Waals surface area contributed by atoms with Crippen LogP contribution in [0.1, 0.15) is 36.4 Å². The van der Waals surface area contributed by atoms with Gasteiger partial charge in [-0.15, -0.1) is 0 Å². The number of nitrogens with zero attached hydrogens (tertiary/aromatic N) is 4. The van der Waals surface area contributed by atoms with Crippen LogP contribution in [-0.4, -0.2) is 66.4 Å². The molecular weight excluding hydrogens is 407 g/mol. The number of carbonyl (C=O) groups is 1.